The average molecular weight is 399 g/mol. The molecule has 1 saturated heterocycles. The third-order valence-corrected chi connectivity index (χ3v) is 5.31. The van der Waals surface area contributed by atoms with Gasteiger partial charge >= 0.3 is 0 Å². The summed E-state index contributed by atoms with van der Waals surface area (Å²) in [5.74, 6) is -0.00308. The third kappa shape index (κ3) is 5.83. The van der Waals surface area contributed by atoms with Gasteiger partial charge in [-0.1, -0.05) is 12.1 Å². The molecule has 0 bridgehead atoms. The zero-order valence-electron chi connectivity index (χ0n) is 17.2. The summed E-state index contributed by atoms with van der Waals surface area (Å²) < 4.78 is 1.63. The highest BCUT2D eigenvalue weighted by molar-refractivity contribution is 5.94. The van der Waals surface area contributed by atoms with Crippen molar-refractivity contribution in [2.75, 3.05) is 13.6 Å². The first-order valence-corrected chi connectivity index (χ1v) is 10.0. The quantitative estimate of drug-likeness (QED) is 0.681. The molecule has 29 heavy (non-hydrogen) atoms. The molecule has 2 N–H and O–H groups in total. The molecule has 1 aliphatic heterocycles. The lowest BCUT2D eigenvalue weighted by Crippen LogP contribution is -2.43. The Morgan fingerprint density at radius 1 is 1.17 bits per heavy atom. The van der Waals surface area contributed by atoms with Crippen molar-refractivity contribution in [3.8, 4) is 0 Å². The second-order valence-corrected chi connectivity index (χ2v) is 7.89. The largest absolute Gasteiger partial charge is 0.354 e. The van der Waals surface area contributed by atoms with Crippen molar-refractivity contribution in [1.29, 1.82) is 0 Å². The highest BCUT2D eigenvalue weighted by atomic mass is 16.2. The van der Waals surface area contributed by atoms with Crippen molar-refractivity contribution in [1.82, 2.24) is 35.7 Å². The van der Waals surface area contributed by atoms with Crippen molar-refractivity contribution in [3.05, 3.63) is 41.7 Å². The van der Waals surface area contributed by atoms with Crippen molar-refractivity contribution in [2.24, 2.45) is 0 Å². The molecule has 1 fully saturated rings. The first-order chi connectivity index (χ1) is 13.9. The molecule has 2 aromatic rings. The van der Waals surface area contributed by atoms with Crippen LogP contribution in [0.4, 0.5) is 0 Å². The van der Waals surface area contributed by atoms with Crippen LogP contribution in [0.5, 0.6) is 0 Å². The van der Waals surface area contributed by atoms with Gasteiger partial charge in [-0.05, 0) is 61.9 Å². The van der Waals surface area contributed by atoms with E-state index in [2.05, 4.69) is 31.1 Å². The van der Waals surface area contributed by atoms with Crippen LogP contribution in [-0.4, -0.2) is 68.6 Å². The van der Waals surface area contributed by atoms with Crippen LogP contribution >= 0.6 is 0 Å². The maximum Gasteiger partial charge on any atom is 0.251 e. The van der Waals surface area contributed by atoms with Gasteiger partial charge in [0.15, 0.2) is 0 Å². The van der Waals surface area contributed by atoms with Gasteiger partial charge in [-0.25, -0.2) is 4.68 Å². The SMILES string of the molecule is CC(C)NC(=O)C[C@H]1CC[C@@H](CNC(=O)c2ccc(Cn3cnnn3)cc2)N1C. The summed E-state index contributed by atoms with van der Waals surface area (Å²) in [6.45, 7) is 5.07. The number of likely N-dealkylation sites (tertiary alicyclic amines) is 1. The molecule has 0 aliphatic carbocycles. The molecule has 0 radical (unpaired) electrons. The molecular formula is C20H29N7O2. The summed E-state index contributed by atoms with van der Waals surface area (Å²) in [7, 11) is 2.03. The van der Waals surface area contributed by atoms with Crippen LogP contribution in [0, 0.1) is 0 Å². The van der Waals surface area contributed by atoms with E-state index in [4.69, 9.17) is 0 Å². The zero-order valence-corrected chi connectivity index (χ0v) is 17.2. The van der Waals surface area contributed by atoms with E-state index in [1.807, 2.05) is 45.2 Å². The van der Waals surface area contributed by atoms with Crippen LogP contribution in [0.25, 0.3) is 0 Å². The van der Waals surface area contributed by atoms with E-state index in [0.717, 1.165) is 18.4 Å². The molecule has 1 aromatic heterocycles. The van der Waals surface area contributed by atoms with Gasteiger partial charge in [0.2, 0.25) is 5.91 Å². The summed E-state index contributed by atoms with van der Waals surface area (Å²) in [6.07, 6.45) is 4.00. The molecule has 0 spiro atoms. The highest BCUT2D eigenvalue weighted by Gasteiger charge is 2.31. The minimum absolute atomic E-state index is 0.0864. The maximum absolute atomic E-state index is 12.5. The Labute approximate surface area is 170 Å². The lowest BCUT2D eigenvalue weighted by molar-refractivity contribution is -0.122. The number of aromatic nitrogens is 4. The zero-order chi connectivity index (χ0) is 20.8. The van der Waals surface area contributed by atoms with Crippen LogP contribution < -0.4 is 10.6 Å². The summed E-state index contributed by atoms with van der Waals surface area (Å²) >= 11 is 0. The molecule has 3 rings (SSSR count). The van der Waals surface area contributed by atoms with Crippen LogP contribution in [0.2, 0.25) is 0 Å². The summed E-state index contributed by atoms with van der Waals surface area (Å²) in [5.41, 5.74) is 1.64. The Morgan fingerprint density at radius 3 is 2.55 bits per heavy atom. The molecule has 156 valence electrons. The van der Waals surface area contributed by atoms with Gasteiger partial charge in [0.25, 0.3) is 5.91 Å². The second-order valence-electron chi connectivity index (χ2n) is 7.89. The third-order valence-electron chi connectivity index (χ3n) is 5.31. The van der Waals surface area contributed by atoms with Gasteiger partial charge in [-0.15, -0.1) is 5.10 Å². The van der Waals surface area contributed by atoms with Crippen LogP contribution in [0.15, 0.2) is 30.6 Å². The van der Waals surface area contributed by atoms with E-state index in [1.165, 1.54) is 0 Å². The topological polar surface area (TPSA) is 105 Å². The molecule has 1 aromatic carbocycles. The highest BCUT2D eigenvalue weighted by Crippen LogP contribution is 2.24. The predicted octanol–water partition coefficient (Wildman–Crippen LogP) is 0.829. The van der Waals surface area contributed by atoms with Gasteiger partial charge in [0.1, 0.15) is 6.33 Å². The van der Waals surface area contributed by atoms with E-state index in [1.54, 1.807) is 11.0 Å². The molecule has 0 unspecified atom stereocenters. The normalized spacial score (nSPS) is 19.4. The number of amides is 2. The molecule has 2 amide bonds. The number of tetrazole rings is 1. The Bertz CT molecular complexity index is 805. The fourth-order valence-electron chi connectivity index (χ4n) is 3.69. The van der Waals surface area contributed by atoms with E-state index in [9.17, 15) is 9.59 Å². The summed E-state index contributed by atoms with van der Waals surface area (Å²) in [5, 5.41) is 17.0. The number of nitrogens with one attached hydrogen (secondary N) is 2. The van der Waals surface area contributed by atoms with Crippen molar-refractivity contribution >= 4 is 11.8 Å². The molecule has 2 atom stereocenters. The Morgan fingerprint density at radius 2 is 1.90 bits per heavy atom. The van der Waals surface area contributed by atoms with Crippen LogP contribution in [0.1, 0.15) is 49.0 Å². The number of nitrogens with zero attached hydrogens (tertiary/aromatic N) is 5. The molecule has 2 heterocycles. The fraction of sp³-hybridized carbons (Fsp3) is 0.550. The van der Waals surface area contributed by atoms with E-state index in [-0.39, 0.29) is 29.9 Å². The Balaban J connectivity index is 1.46. The molecule has 9 heteroatoms. The minimum atomic E-state index is -0.0895. The monoisotopic (exact) mass is 399 g/mol. The summed E-state index contributed by atoms with van der Waals surface area (Å²) in [6, 6.07) is 8.06. The Kier molecular flexibility index (Phi) is 6.92. The average Bonchev–Trinajstić information content (AvgIpc) is 3.30. The lowest BCUT2D eigenvalue weighted by atomic mass is 10.1. The molecule has 0 saturated carbocycles. The number of benzene rings is 1. The summed E-state index contributed by atoms with van der Waals surface area (Å²) in [4.78, 5) is 26.7. The number of hydrogen-bond acceptors (Lipinski definition) is 6. The van der Waals surface area contributed by atoms with Gasteiger partial charge in [-0.3, -0.25) is 14.5 Å². The number of likely N-dealkylation sites (N-methyl/N-ethyl adjacent to an activating group) is 1. The first kappa shape index (κ1) is 20.9. The van der Waals surface area contributed by atoms with Crippen LogP contribution in [0.3, 0.4) is 0 Å². The minimum Gasteiger partial charge on any atom is -0.354 e. The molecular weight excluding hydrogens is 370 g/mol. The second kappa shape index (κ2) is 9.60. The number of carbonyl (C=O) groups excluding carboxylic acids is 2. The number of carbonyl (C=O) groups is 2. The fourth-order valence-corrected chi connectivity index (χ4v) is 3.69. The smallest absolute Gasteiger partial charge is 0.251 e. The van der Waals surface area contributed by atoms with Gasteiger partial charge in [-0.2, -0.15) is 0 Å². The van der Waals surface area contributed by atoms with Gasteiger partial charge < -0.3 is 10.6 Å². The molecule has 9 nitrogen and oxygen atoms in total. The lowest BCUT2D eigenvalue weighted by Gasteiger charge is -2.26. The Hall–Kier alpha value is -2.81. The number of hydrogen-bond donors (Lipinski definition) is 2. The number of rotatable bonds is 8. The standard InChI is InChI=1S/C20H29N7O2/c1-14(2)23-19(28)10-17-8-9-18(26(17)3)11-21-20(29)16-6-4-15(5-7-16)12-27-13-22-24-25-27/h4-7,13-14,17-18H,8-12H2,1-3H3,(H,21,29)(H,23,28)/t17-,18+/m1/s1. The van der Waals surface area contributed by atoms with Gasteiger partial charge in [0, 0.05) is 36.7 Å². The van der Waals surface area contributed by atoms with E-state index >= 15 is 0 Å². The van der Waals surface area contributed by atoms with E-state index in [0.29, 0.717) is 25.1 Å². The van der Waals surface area contributed by atoms with Crippen molar-refractivity contribution in [3.63, 3.8) is 0 Å². The van der Waals surface area contributed by atoms with Crippen molar-refractivity contribution in [2.45, 2.75) is 57.8 Å². The van der Waals surface area contributed by atoms with Gasteiger partial charge in [0.05, 0.1) is 6.54 Å². The first-order valence-electron chi connectivity index (χ1n) is 10.0. The van der Waals surface area contributed by atoms with Crippen molar-refractivity contribution < 1.29 is 9.59 Å². The maximum atomic E-state index is 12.5. The van der Waals surface area contributed by atoms with E-state index < -0.39 is 0 Å². The van der Waals surface area contributed by atoms with Crippen LogP contribution in [-0.2, 0) is 11.3 Å². The molecule has 1 aliphatic rings. The predicted molar refractivity (Wildman–Crippen MR) is 108 cm³/mol.